The van der Waals surface area contributed by atoms with Gasteiger partial charge in [0.25, 0.3) is 0 Å². The molecule has 0 aliphatic heterocycles. The molecular weight excluding hydrogens is 495 g/mol. The Morgan fingerprint density at radius 1 is 1.00 bits per heavy atom. The van der Waals surface area contributed by atoms with Gasteiger partial charge in [-0.15, -0.1) is 0 Å². The molecule has 0 heterocycles. The molecule has 2 amide bonds. The second kappa shape index (κ2) is 12.8. The van der Waals surface area contributed by atoms with Gasteiger partial charge in [0, 0.05) is 31.6 Å². The molecule has 36 heavy (non-hydrogen) atoms. The Bertz CT molecular complexity index is 1160. The number of amides is 2. The molecule has 1 atom stereocenters. The molecule has 0 aliphatic rings. The van der Waals surface area contributed by atoms with Crippen LogP contribution in [-0.4, -0.2) is 50.0 Å². The van der Waals surface area contributed by atoms with Crippen LogP contribution in [0.25, 0.3) is 0 Å². The van der Waals surface area contributed by atoms with Crippen LogP contribution in [0.3, 0.4) is 0 Å². The van der Waals surface area contributed by atoms with E-state index in [-0.39, 0.29) is 43.6 Å². The average molecular weight is 528 g/mol. The lowest BCUT2D eigenvalue weighted by Gasteiger charge is -2.31. The number of carbonyl (C=O) groups excluding carboxylic acids is 2. The van der Waals surface area contributed by atoms with E-state index < -0.39 is 39.4 Å². The summed E-state index contributed by atoms with van der Waals surface area (Å²) in [5.41, 5.74) is 0.565. The molecule has 0 aliphatic carbocycles. The number of anilines is 1. The molecule has 2 rings (SSSR count). The second-order valence-corrected chi connectivity index (χ2v) is 10.7. The van der Waals surface area contributed by atoms with Crippen molar-refractivity contribution in [3.8, 4) is 0 Å². The zero-order chi connectivity index (χ0) is 27.0. The van der Waals surface area contributed by atoms with Gasteiger partial charge in [0.15, 0.2) is 11.6 Å². The quantitative estimate of drug-likeness (QED) is 0.452. The Morgan fingerprint density at radius 3 is 2.17 bits per heavy atom. The van der Waals surface area contributed by atoms with Crippen LogP contribution in [-0.2, 0) is 26.2 Å². The van der Waals surface area contributed by atoms with E-state index in [1.54, 1.807) is 20.8 Å². The zero-order valence-corrected chi connectivity index (χ0v) is 21.6. The minimum atomic E-state index is -3.85. The second-order valence-electron chi connectivity index (χ2n) is 8.77. The van der Waals surface area contributed by atoms with Gasteiger partial charge in [0.2, 0.25) is 21.8 Å². The van der Waals surface area contributed by atoms with Crippen LogP contribution >= 0.6 is 0 Å². The number of carbonyl (C=O) groups is 2. The maximum Gasteiger partial charge on any atom is 0.243 e. The highest BCUT2D eigenvalue weighted by Gasteiger charge is 2.29. The molecule has 1 N–H and O–H groups in total. The summed E-state index contributed by atoms with van der Waals surface area (Å²) < 4.78 is 65.8. The first-order valence-corrected chi connectivity index (χ1v) is 13.4. The van der Waals surface area contributed by atoms with Crippen LogP contribution < -0.4 is 9.62 Å². The van der Waals surface area contributed by atoms with Crippen LogP contribution in [0.1, 0.15) is 45.6 Å². The SMILES string of the molecule is CC[C@@H](C(=O)NC(C)C)N(Cc1ccc(F)cc1)C(=O)CCCN(c1ccc(F)c(F)c1)S(C)(=O)=O. The summed E-state index contributed by atoms with van der Waals surface area (Å²) >= 11 is 0. The number of hydrogen-bond donors (Lipinski definition) is 1. The summed E-state index contributed by atoms with van der Waals surface area (Å²) in [6.45, 7) is 5.27. The van der Waals surface area contributed by atoms with Crippen LogP contribution in [0.5, 0.6) is 0 Å². The number of halogens is 3. The summed E-state index contributed by atoms with van der Waals surface area (Å²) in [4.78, 5) is 27.5. The van der Waals surface area contributed by atoms with Crippen LogP contribution in [0.15, 0.2) is 42.5 Å². The maximum absolute atomic E-state index is 13.7. The summed E-state index contributed by atoms with van der Waals surface area (Å²) in [5.74, 6) is -3.46. The fourth-order valence-electron chi connectivity index (χ4n) is 3.73. The highest BCUT2D eigenvalue weighted by molar-refractivity contribution is 7.92. The average Bonchev–Trinajstić information content (AvgIpc) is 2.78. The summed E-state index contributed by atoms with van der Waals surface area (Å²) in [5, 5.41) is 2.80. The molecule has 11 heteroatoms. The van der Waals surface area contributed by atoms with Crippen molar-refractivity contribution >= 4 is 27.5 Å². The Labute approximate surface area is 210 Å². The Hall–Kier alpha value is -3.08. The van der Waals surface area contributed by atoms with Gasteiger partial charge in [-0.3, -0.25) is 13.9 Å². The van der Waals surface area contributed by atoms with E-state index in [1.165, 1.54) is 29.2 Å². The molecule has 7 nitrogen and oxygen atoms in total. The van der Waals surface area contributed by atoms with E-state index in [0.717, 1.165) is 28.8 Å². The van der Waals surface area contributed by atoms with Crippen molar-refractivity contribution in [2.24, 2.45) is 0 Å². The van der Waals surface area contributed by atoms with Crippen LogP contribution in [0.4, 0.5) is 18.9 Å². The van der Waals surface area contributed by atoms with Crippen molar-refractivity contribution in [2.75, 3.05) is 17.1 Å². The van der Waals surface area contributed by atoms with Crippen molar-refractivity contribution < 1.29 is 31.2 Å². The summed E-state index contributed by atoms with van der Waals surface area (Å²) in [7, 11) is -3.85. The lowest BCUT2D eigenvalue weighted by molar-refractivity contribution is -0.141. The number of hydrogen-bond acceptors (Lipinski definition) is 4. The molecule has 0 unspecified atom stereocenters. The summed E-state index contributed by atoms with van der Waals surface area (Å²) in [6, 6.07) is 7.40. The minimum absolute atomic E-state index is 0.0576. The first kappa shape index (κ1) is 29.2. The molecule has 0 radical (unpaired) electrons. The van der Waals surface area contributed by atoms with E-state index in [4.69, 9.17) is 0 Å². The van der Waals surface area contributed by atoms with Gasteiger partial charge in [0.05, 0.1) is 11.9 Å². The highest BCUT2D eigenvalue weighted by atomic mass is 32.2. The van der Waals surface area contributed by atoms with Crippen molar-refractivity contribution in [3.63, 3.8) is 0 Å². The monoisotopic (exact) mass is 527 g/mol. The smallest absolute Gasteiger partial charge is 0.243 e. The highest BCUT2D eigenvalue weighted by Crippen LogP contribution is 2.22. The first-order chi connectivity index (χ1) is 16.8. The van der Waals surface area contributed by atoms with Crippen molar-refractivity contribution in [2.45, 2.75) is 58.7 Å². The third-order valence-electron chi connectivity index (χ3n) is 5.43. The van der Waals surface area contributed by atoms with Gasteiger partial charge in [0.1, 0.15) is 11.9 Å². The fraction of sp³-hybridized carbons (Fsp3) is 0.440. The van der Waals surface area contributed by atoms with E-state index >= 15 is 0 Å². The molecule has 2 aromatic rings. The first-order valence-electron chi connectivity index (χ1n) is 11.6. The lowest BCUT2D eigenvalue weighted by Crippen LogP contribution is -2.50. The minimum Gasteiger partial charge on any atom is -0.352 e. The van der Waals surface area contributed by atoms with Crippen molar-refractivity contribution in [1.29, 1.82) is 0 Å². The number of nitrogens with zero attached hydrogens (tertiary/aromatic N) is 2. The molecule has 0 fully saturated rings. The molecule has 198 valence electrons. The largest absolute Gasteiger partial charge is 0.352 e. The normalized spacial score (nSPS) is 12.3. The van der Waals surface area contributed by atoms with E-state index in [9.17, 15) is 31.2 Å². The Kier molecular flexibility index (Phi) is 10.3. The van der Waals surface area contributed by atoms with Gasteiger partial charge in [-0.05, 0) is 56.5 Å². The number of benzene rings is 2. The van der Waals surface area contributed by atoms with Crippen LogP contribution in [0, 0.1) is 17.5 Å². The number of nitrogens with one attached hydrogen (secondary N) is 1. The fourth-order valence-corrected chi connectivity index (χ4v) is 4.69. The van der Waals surface area contributed by atoms with E-state index in [2.05, 4.69) is 5.32 Å². The van der Waals surface area contributed by atoms with Crippen molar-refractivity contribution in [1.82, 2.24) is 10.2 Å². The molecule has 0 aromatic heterocycles. The number of rotatable bonds is 12. The zero-order valence-electron chi connectivity index (χ0n) is 20.8. The van der Waals surface area contributed by atoms with E-state index in [1.807, 2.05) is 0 Å². The molecular formula is C25H32F3N3O4S. The van der Waals surface area contributed by atoms with Gasteiger partial charge in [-0.25, -0.2) is 21.6 Å². The van der Waals surface area contributed by atoms with Gasteiger partial charge in [-0.1, -0.05) is 19.1 Å². The Morgan fingerprint density at radius 2 is 1.64 bits per heavy atom. The topological polar surface area (TPSA) is 86.8 Å². The molecule has 0 spiro atoms. The predicted molar refractivity (Wildman–Crippen MR) is 132 cm³/mol. The Balaban J connectivity index is 2.22. The lowest BCUT2D eigenvalue weighted by atomic mass is 10.1. The van der Waals surface area contributed by atoms with Gasteiger partial charge >= 0.3 is 0 Å². The van der Waals surface area contributed by atoms with Gasteiger partial charge < -0.3 is 10.2 Å². The molecule has 0 saturated heterocycles. The molecule has 0 bridgehead atoms. The third kappa shape index (κ3) is 8.25. The van der Waals surface area contributed by atoms with Gasteiger partial charge in [-0.2, -0.15) is 0 Å². The summed E-state index contributed by atoms with van der Waals surface area (Å²) in [6.07, 6.45) is 1.21. The predicted octanol–water partition coefficient (Wildman–Crippen LogP) is 3.98. The molecule has 0 saturated carbocycles. The van der Waals surface area contributed by atoms with E-state index in [0.29, 0.717) is 12.0 Å². The third-order valence-corrected chi connectivity index (χ3v) is 6.62. The molecule has 2 aromatic carbocycles. The maximum atomic E-state index is 13.7. The van der Waals surface area contributed by atoms with Crippen LogP contribution in [0.2, 0.25) is 0 Å². The standard InChI is InChI=1S/C25H32F3N3O4S/c1-5-23(25(33)29-17(2)3)30(16-18-8-10-19(26)11-9-18)24(32)7-6-14-31(36(4,34)35)20-12-13-21(27)22(28)15-20/h8-13,15,17,23H,5-7,14,16H2,1-4H3,(H,29,33)/t23-/m0/s1. The van der Waals surface area contributed by atoms with Crippen molar-refractivity contribution in [3.05, 3.63) is 65.5 Å². The number of sulfonamides is 1.